The molecule has 8 nitrogen and oxygen atoms in total. The number of nitrogens with zero attached hydrogens (tertiary/aromatic N) is 4. The van der Waals surface area contributed by atoms with Gasteiger partial charge in [-0.1, -0.05) is 12.1 Å². The van der Waals surface area contributed by atoms with Crippen LogP contribution in [0.3, 0.4) is 0 Å². The van der Waals surface area contributed by atoms with E-state index < -0.39 is 0 Å². The van der Waals surface area contributed by atoms with E-state index in [1.165, 1.54) is 19.4 Å². The van der Waals surface area contributed by atoms with Crippen molar-refractivity contribution in [1.82, 2.24) is 20.0 Å². The van der Waals surface area contributed by atoms with Gasteiger partial charge in [0.2, 0.25) is 11.8 Å². The Labute approximate surface area is 219 Å². The Morgan fingerprint density at radius 2 is 1.70 bits per heavy atom. The topological polar surface area (TPSA) is 82.5 Å². The lowest BCUT2D eigenvalue weighted by Gasteiger charge is -2.33. The summed E-state index contributed by atoms with van der Waals surface area (Å²) in [7, 11) is 1.92. The van der Waals surface area contributed by atoms with Gasteiger partial charge < -0.3 is 20.4 Å². The second kappa shape index (κ2) is 10.5. The minimum atomic E-state index is 0.0222. The number of rotatable bonds is 6. The number of nitrogens with one attached hydrogen (secondary N) is 2. The maximum Gasteiger partial charge on any atom is 0.230 e. The number of anilines is 3. The molecule has 0 atom stereocenters. The van der Waals surface area contributed by atoms with Crippen LogP contribution in [0.1, 0.15) is 56.9 Å². The van der Waals surface area contributed by atoms with Gasteiger partial charge in [0.05, 0.1) is 24.1 Å². The van der Waals surface area contributed by atoms with Gasteiger partial charge in [-0.05, 0) is 88.4 Å². The van der Waals surface area contributed by atoms with E-state index >= 15 is 0 Å². The third-order valence-corrected chi connectivity index (χ3v) is 8.99. The fourth-order valence-corrected chi connectivity index (χ4v) is 6.42. The molecule has 0 radical (unpaired) electrons. The fraction of sp³-hybridized carbons (Fsp3) is 0.621. The summed E-state index contributed by atoms with van der Waals surface area (Å²) in [5, 5.41) is 11.1. The molecule has 2 N–H and O–H groups in total. The van der Waals surface area contributed by atoms with E-state index in [1.807, 2.05) is 47.1 Å². The molecule has 2 saturated carbocycles. The Balaban J connectivity index is 1.00. The number of aromatic nitrogens is 2. The molecule has 2 aliphatic heterocycles. The van der Waals surface area contributed by atoms with E-state index in [2.05, 4.69) is 20.6 Å². The molecule has 1 saturated heterocycles. The molecule has 198 valence electrons. The zero-order chi connectivity index (χ0) is 25.4. The second-order valence-electron chi connectivity index (χ2n) is 11.7. The molecular formula is C29H40N6O2. The maximum atomic E-state index is 13.8. The zero-order valence-corrected chi connectivity index (χ0v) is 22.0. The third-order valence-electron chi connectivity index (χ3n) is 8.99. The number of carbonyl (C=O) groups is 2. The number of amides is 2. The summed E-state index contributed by atoms with van der Waals surface area (Å²) in [6.45, 7) is 4.65. The highest BCUT2D eigenvalue weighted by Gasteiger charge is 2.34. The van der Waals surface area contributed by atoms with Gasteiger partial charge in [-0.2, -0.15) is 5.10 Å². The molecule has 0 bridgehead atoms. The molecule has 37 heavy (non-hydrogen) atoms. The van der Waals surface area contributed by atoms with Crippen molar-refractivity contribution in [2.45, 2.75) is 57.9 Å². The van der Waals surface area contributed by atoms with Crippen LogP contribution in [0.5, 0.6) is 0 Å². The summed E-state index contributed by atoms with van der Waals surface area (Å²) >= 11 is 0. The number of hydrogen-bond donors (Lipinski definition) is 2. The monoisotopic (exact) mass is 504 g/mol. The standard InChI is InChI=1S/C29H40N6O2/c1-33-27-24(17-31-33)19-35(26-5-3-2-4-25(26)32-27)29(37)23-10-8-20(9-11-23)16-30-28(36)22-12-14-34(15-13-22)18-21-6-7-21/h2-5,17,20-23,32H,6-16,18-19H2,1H3,(H,30,36). The highest BCUT2D eigenvalue weighted by atomic mass is 16.2. The van der Waals surface area contributed by atoms with Gasteiger partial charge in [-0.25, -0.2) is 0 Å². The van der Waals surface area contributed by atoms with E-state index in [9.17, 15) is 9.59 Å². The van der Waals surface area contributed by atoms with Gasteiger partial charge in [-0.15, -0.1) is 0 Å². The van der Waals surface area contributed by atoms with Crippen LogP contribution in [0.15, 0.2) is 30.5 Å². The van der Waals surface area contributed by atoms with Crippen LogP contribution in [0, 0.1) is 23.7 Å². The van der Waals surface area contributed by atoms with Crippen molar-refractivity contribution in [2.24, 2.45) is 30.7 Å². The van der Waals surface area contributed by atoms with E-state index in [1.54, 1.807) is 0 Å². The lowest BCUT2D eigenvalue weighted by atomic mass is 9.81. The molecular weight excluding hydrogens is 464 g/mol. The van der Waals surface area contributed by atoms with Gasteiger partial charge in [0.25, 0.3) is 0 Å². The number of piperidine rings is 1. The molecule has 2 amide bonds. The van der Waals surface area contributed by atoms with Crippen LogP contribution in [-0.4, -0.2) is 52.7 Å². The van der Waals surface area contributed by atoms with E-state index in [4.69, 9.17) is 0 Å². The predicted octanol–water partition coefficient (Wildman–Crippen LogP) is 4.05. The summed E-state index contributed by atoms with van der Waals surface area (Å²) in [6, 6.07) is 8.03. The maximum absolute atomic E-state index is 13.8. The molecule has 2 aromatic rings. The molecule has 3 fully saturated rings. The number of para-hydroxylation sites is 2. The first-order chi connectivity index (χ1) is 18.0. The lowest BCUT2D eigenvalue weighted by molar-refractivity contribution is -0.127. The van der Waals surface area contributed by atoms with Crippen LogP contribution >= 0.6 is 0 Å². The van der Waals surface area contributed by atoms with Crippen molar-refractivity contribution in [3.63, 3.8) is 0 Å². The first kappa shape index (κ1) is 24.5. The van der Waals surface area contributed by atoms with Crippen LogP contribution in [-0.2, 0) is 23.2 Å². The van der Waals surface area contributed by atoms with Gasteiger partial charge in [0, 0.05) is 37.5 Å². The van der Waals surface area contributed by atoms with Gasteiger partial charge in [0.1, 0.15) is 5.82 Å². The molecule has 1 aromatic heterocycles. The number of carbonyl (C=O) groups excluding carboxylic acids is 2. The minimum absolute atomic E-state index is 0.0222. The summed E-state index contributed by atoms with van der Waals surface area (Å²) in [5.74, 6) is 2.96. The molecule has 0 unspecified atom stereocenters. The summed E-state index contributed by atoms with van der Waals surface area (Å²) in [4.78, 5) is 31.1. The Kier molecular flexibility index (Phi) is 6.93. The number of benzene rings is 1. The smallest absolute Gasteiger partial charge is 0.230 e. The van der Waals surface area contributed by atoms with Crippen LogP contribution in [0.25, 0.3) is 0 Å². The zero-order valence-electron chi connectivity index (χ0n) is 22.0. The number of fused-ring (bicyclic) bond motifs is 2. The predicted molar refractivity (Wildman–Crippen MR) is 144 cm³/mol. The van der Waals surface area contributed by atoms with Gasteiger partial charge in [-0.3, -0.25) is 14.3 Å². The summed E-state index contributed by atoms with van der Waals surface area (Å²) < 4.78 is 1.83. The molecule has 6 rings (SSSR count). The summed E-state index contributed by atoms with van der Waals surface area (Å²) in [5.41, 5.74) is 2.90. The van der Waals surface area contributed by atoms with Crippen LogP contribution in [0.4, 0.5) is 17.2 Å². The van der Waals surface area contributed by atoms with Crippen LogP contribution in [0.2, 0.25) is 0 Å². The molecule has 0 spiro atoms. The number of likely N-dealkylation sites (tertiary alicyclic amines) is 1. The van der Waals surface area contributed by atoms with E-state index in [0.717, 1.165) is 86.8 Å². The first-order valence-electron chi connectivity index (χ1n) is 14.2. The van der Waals surface area contributed by atoms with Crippen molar-refractivity contribution < 1.29 is 9.59 Å². The van der Waals surface area contributed by atoms with Gasteiger partial charge in [0.15, 0.2) is 0 Å². The largest absolute Gasteiger partial charge is 0.356 e. The van der Waals surface area contributed by atoms with Crippen molar-refractivity contribution in [3.05, 3.63) is 36.0 Å². The van der Waals surface area contributed by atoms with E-state index in [-0.39, 0.29) is 23.7 Å². The highest BCUT2D eigenvalue weighted by molar-refractivity contribution is 5.99. The van der Waals surface area contributed by atoms with Crippen LogP contribution < -0.4 is 15.5 Å². The SMILES string of the molecule is Cn1ncc2c1Nc1ccccc1N(C(=O)C1CCC(CNC(=O)C3CCN(CC4CC4)CC3)CC1)C2. The third kappa shape index (κ3) is 5.40. The molecule has 1 aromatic carbocycles. The minimum Gasteiger partial charge on any atom is -0.356 e. The molecule has 2 aliphatic carbocycles. The van der Waals surface area contributed by atoms with Crippen molar-refractivity contribution in [1.29, 1.82) is 0 Å². The fourth-order valence-electron chi connectivity index (χ4n) is 6.42. The Morgan fingerprint density at radius 3 is 2.46 bits per heavy atom. The Morgan fingerprint density at radius 1 is 0.973 bits per heavy atom. The van der Waals surface area contributed by atoms with Gasteiger partial charge >= 0.3 is 0 Å². The molecule has 8 heteroatoms. The van der Waals surface area contributed by atoms with E-state index in [0.29, 0.717) is 12.5 Å². The quantitative estimate of drug-likeness (QED) is 0.620. The number of aryl methyl sites for hydroxylation is 1. The van der Waals surface area contributed by atoms with Crippen molar-refractivity contribution >= 4 is 29.0 Å². The Bertz CT molecular complexity index is 1130. The van der Waals surface area contributed by atoms with Crippen molar-refractivity contribution in [3.8, 4) is 0 Å². The summed E-state index contributed by atoms with van der Waals surface area (Å²) in [6.07, 6.45) is 10.4. The average Bonchev–Trinajstić information content (AvgIpc) is 3.71. The molecule has 4 aliphatic rings. The average molecular weight is 505 g/mol. The highest BCUT2D eigenvalue weighted by Crippen LogP contribution is 2.38. The second-order valence-corrected chi connectivity index (χ2v) is 11.7. The van der Waals surface area contributed by atoms with Crippen molar-refractivity contribution in [2.75, 3.05) is 36.4 Å². The lowest BCUT2D eigenvalue weighted by Crippen LogP contribution is -2.43. The normalized spacial score (nSPS) is 24.5. The Hall–Kier alpha value is -2.87. The molecule has 3 heterocycles. The first-order valence-corrected chi connectivity index (χ1v) is 14.2. The number of hydrogen-bond acceptors (Lipinski definition) is 5.